The summed E-state index contributed by atoms with van der Waals surface area (Å²) in [6, 6.07) is -0.248. The summed E-state index contributed by atoms with van der Waals surface area (Å²) < 4.78 is 31.2. The van der Waals surface area contributed by atoms with Gasteiger partial charge in [-0.05, 0) is 6.42 Å². The highest BCUT2D eigenvalue weighted by atomic mass is 32.2. The highest BCUT2D eigenvalue weighted by molar-refractivity contribution is 8.03. The number of esters is 1. The Morgan fingerprint density at radius 1 is 1.56 bits per heavy atom. The van der Waals surface area contributed by atoms with Crippen LogP contribution < -0.4 is 4.72 Å². The lowest BCUT2D eigenvalue weighted by Crippen LogP contribution is -2.44. The second-order valence-electron chi connectivity index (χ2n) is 4.21. The van der Waals surface area contributed by atoms with Crippen LogP contribution in [0.4, 0.5) is 0 Å². The van der Waals surface area contributed by atoms with Crippen molar-refractivity contribution in [1.29, 1.82) is 0 Å². The Morgan fingerprint density at radius 2 is 2.31 bits per heavy atom. The molecule has 0 saturated carbocycles. The van der Waals surface area contributed by atoms with Gasteiger partial charge >= 0.3 is 5.97 Å². The van der Waals surface area contributed by atoms with Crippen LogP contribution in [0.3, 0.4) is 0 Å². The maximum absolute atomic E-state index is 11.7. The Bertz CT molecular complexity index is 460. The van der Waals surface area contributed by atoms with E-state index < -0.39 is 16.0 Å². The van der Waals surface area contributed by atoms with E-state index >= 15 is 0 Å². The summed E-state index contributed by atoms with van der Waals surface area (Å²) in [5, 5.41) is -0.155. The van der Waals surface area contributed by atoms with Gasteiger partial charge in [-0.2, -0.15) is 0 Å². The number of hydrogen-bond donors (Lipinski definition) is 1. The van der Waals surface area contributed by atoms with Crippen molar-refractivity contribution in [2.45, 2.75) is 34.3 Å². The van der Waals surface area contributed by atoms with Crippen LogP contribution in [0.1, 0.15) is 6.42 Å². The number of ether oxygens (including phenoxy) is 1. The number of nitrogens with one attached hydrogen (secondary N) is 1. The minimum atomic E-state index is -3.19. The van der Waals surface area contributed by atoms with E-state index in [-0.39, 0.29) is 27.9 Å². The van der Waals surface area contributed by atoms with Gasteiger partial charge in [0.15, 0.2) is 0 Å². The first-order chi connectivity index (χ1) is 7.53. The third kappa shape index (κ3) is 1.28. The van der Waals surface area contributed by atoms with Crippen molar-refractivity contribution in [3.05, 3.63) is 12.7 Å². The van der Waals surface area contributed by atoms with E-state index in [4.69, 9.17) is 4.74 Å². The average Bonchev–Trinajstić information content (AvgIpc) is 2.81. The molecule has 0 aromatic heterocycles. The SMILES string of the molecule is C=CC(=O)OC1C2CC3C(S2)C1NS3(=O)=O. The van der Waals surface area contributed by atoms with Crippen LogP contribution >= 0.6 is 11.8 Å². The predicted octanol–water partition coefficient (Wildman–Crippen LogP) is -0.358. The Balaban J connectivity index is 1.86. The van der Waals surface area contributed by atoms with E-state index in [1.54, 1.807) is 11.8 Å². The summed E-state index contributed by atoms with van der Waals surface area (Å²) in [6.07, 6.45) is 1.35. The highest BCUT2D eigenvalue weighted by Gasteiger charge is 2.64. The molecule has 7 heteroatoms. The van der Waals surface area contributed by atoms with Crippen LogP contribution in [-0.4, -0.2) is 42.3 Å². The molecule has 3 fully saturated rings. The molecule has 5 atom stereocenters. The van der Waals surface area contributed by atoms with Crippen LogP contribution in [0, 0.1) is 0 Å². The molecule has 5 nitrogen and oxygen atoms in total. The van der Waals surface area contributed by atoms with Gasteiger partial charge in [0.25, 0.3) is 0 Å². The molecule has 0 radical (unpaired) electrons. The summed E-state index contributed by atoms with van der Waals surface area (Å²) >= 11 is 1.62. The summed E-state index contributed by atoms with van der Waals surface area (Å²) in [4.78, 5) is 11.2. The van der Waals surface area contributed by atoms with E-state index in [0.717, 1.165) is 6.08 Å². The molecule has 16 heavy (non-hydrogen) atoms. The predicted molar refractivity (Wildman–Crippen MR) is 59.5 cm³/mol. The van der Waals surface area contributed by atoms with Crippen LogP contribution in [0.25, 0.3) is 0 Å². The van der Waals surface area contributed by atoms with Crippen molar-refractivity contribution >= 4 is 27.8 Å². The number of carbonyl (C=O) groups is 1. The van der Waals surface area contributed by atoms with Crippen LogP contribution in [0.15, 0.2) is 12.7 Å². The molecule has 0 aromatic rings. The Kier molecular flexibility index (Phi) is 2.15. The fourth-order valence-corrected chi connectivity index (χ4v) is 7.14. The zero-order chi connectivity index (χ0) is 11.5. The lowest BCUT2D eigenvalue weighted by atomic mass is 9.93. The minimum Gasteiger partial charge on any atom is -0.456 e. The topological polar surface area (TPSA) is 72.5 Å². The smallest absolute Gasteiger partial charge is 0.330 e. The third-order valence-electron chi connectivity index (χ3n) is 3.36. The zero-order valence-electron chi connectivity index (χ0n) is 8.33. The number of thioether (sulfide) groups is 1. The van der Waals surface area contributed by atoms with E-state index in [1.165, 1.54) is 0 Å². The van der Waals surface area contributed by atoms with Crippen LogP contribution in [0.5, 0.6) is 0 Å². The van der Waals surface area contributed by atoms with Gasteiger partial charge in [-0.1, -0.05) is 6.58 Å². The van der Waals surface area contributed by atoms with E-state index in [9.17, 15) is 13.2 Å². The van der Waals surface area contributed by atoms with Crippen molar-refractivity contribution < 1.29 is 17.9 Å². The largest absolute Gasteiger partial charge is 0.456 e. The zero-order valence-corrected chi connectivity index (χ0v) is 9.96. The van der Waals surface area contributed by atoms with Crippen molar-refractivity contribution in [2.75, 3.05) is 0 Å². The van der Waals surface area contributed by atoms with E-state index in [0.29, 0.717) is 6.42 Å². The first kappa shape index (κ1) is 10.6. The van der Waals surface area contributed by atoms with Gasteiger partial charge in [-0.25, -0.2) is 17.9 Å². The average molecular weight is 261 g/mol. The number of hydrogen-bond acceptors (Lipinski definition) is 5. The van der Waals surface area contributed by atoms with Crippen molar-refractivity contribution in [3.63, 3.8) is 0 Å². The third-order valence-corrected chi connectivity index (χ3v) is 7.16. The summed E-state index contributed by atoms with van der Waals surface area (Å²) in [6.45, 7) is 3.33. The molecular weight excluding hydrogens is 250 g/mol. The quantitative estimate of drug-likeness (QED) is 0.543. The molecule has 3 aliphatic rings. The van der Waals surface area contributed by atoms with Gasteiger partial charge in [-0.15, -0.1) is 11.8 Å². The Hall–Kier alpha value is -0.530. The lowest BCUT2D eigenvalue weighted by Gasteiger charge is -2.23. The fraction of sp³-hybridized carbons (Fsp3) is 0.667. The van der Waals surface area contributed by atoms with Gasteiger partial charge < -0.3 is 4.74 Å². The van der Waals surface area contributed by atoms with Crippen LogP contribution in [-0.2, 0) is 19.6 Å². The van der Waals surface area contributed by atoms with Crippen molar-refractivity contribution in [2.24, 2.45) is 0 Å². The standard InChI is InChI=1S/C9H11NO4S2/c1-2-6(11)14-8-4-3-5-9(15-4)7(8)10-16(5,12)13/h2,4-5,7-10H,1,3H2. The number of carbonyl (C=O) groups excluding carboxylic acids is 1. The molecule has 3 aliphatic heterocycles. The molecule has 1 N–H and O–H groups in total. The number of sulfonamides is 1. The summed E-state index contributed by atoms with van der Waals surface area (Å²) in [5.41, 5.74) is 0. The molecule has 88 valence electrons. The molecule has 0 aliphatic carbocycles. The van der Waals surface area contributed by atoms with Crippen molar-refractivity contribution in [3.8, 4) is 0 Å². The first-order valence-corrected chi connectivity index (χ1v) is 7.51. The minimum absolute atomic E-state index is 0.0395. The molecular formula is C9H11NO4S2. The second kappa shape index (κ2) is 3.24. The maximum atomic E-state index is 11.7. The maximum Gasteiger partial charge on any atom is 0.330 e. The monoisotopic (exact) mass is 261 g/mol. The Labute approximate surface area is 97.7 Å². The normalized spacial score (nSPS) is 46.9. The van der Waals surface area contributed by atoms with Gasteiger partial charge in [0.05, 0.1) is 11.3 Å². The lowest BCUT2D eigenvalue weighted by molar-refractivity contribution is -0.144. The van der Waals surface area contributed by atoms with Gasteiger partial charge in [0.2, 0.25) is 10.0 Å². The molecule has 3 saturated heterocycles. The fourth-order valence-electron chi connectivity index (χ4n) is 2.70. The molecule has 0 spiro atoms. The molecule has 5 unspecified atom stereocenters. The summed E-state index contributed by atoms with van der Waals surface area (Å²) in [7, 11) is -3.19. The molecule has 3 rings (SSSR count). The molecule has 0 amide bonds. The number of fused-ring (bicyclic) bond motifs is 1. The van der Waals surface area contributed by atoms with Crippen LogP contribution in [0.2, 0.25) is 0 Å². The molecule has 0 aromatic carbocycles. The van der Waals surface area contributed by atoms with E-state index in [2.05, 4.69) is 11.3 Å². The molecule has 2 bridgehead atoms. The van der Waals surface area contributed by atoms with Gasteiger partial charge in [0.1, 0.15) is 6.10 Å². The summed E-state index contributed by atoms with van der Waals surface area (Å²) in [5.74, 6) is -0.485. The first-order valence-electron chi connectivity index (χ1n) is 5.02. The molecule has 3 heterocycles. The Morgan fingerprint density at radius 3 is 3.00 bits per heavy atom. The van der Waals surface area contributed by atoms with Gasteiger partial charge in [0, 0.05) is 16.6 Å². The number of rotatable bonds is 2. The van der Waals surface area contributed by atoms with E-state index in [1.807, 2.05) is 0 Å². The van der Waals surface area contributed by atoms with Gasteiger partial charge in [-0.3, -0.25) is 0 Å². The van der Waals surface area contributed by atoms with Crippen molar-refractivity contribution in [1.82, 2.24) is 4.72 Å². The second-order valence-corrected chi connectivity index (χ2v) is 7.56. The highest BCUT2D eigenvalue weighted by Crippen LogP contribution is 2.53.